The average molecular weight is 436 g/mol. The summed E-state index contributed by atoms with van der Waals surface area (Å²) in [6, 6.07) is 2.52. The lowest BCUT2D eigenvalue weighted by molar-refractivity contribution is -0.129. The van der Waals surface area contributed by atoms with Gasteiger partial charge < -0.3 is 15.5 Å². The number of carbonyl (C=O) groups is 1. The Morgan fingerprint density at radius 2 is 2.14 bits per heavy atom. The van der Waals surface area contributed by atoms with E-state index in [-0.39, 0.29) is 29.9 Å². The van der Waals surface area contributed by atoms with Crippen molar-refractivity contribution in [3.8, 4) is 0 Å². The molecule has 7 heteroatoms. The monoisotopic (exact) mass is 436 g/mol. The molecular weight excluding hydrogens is 411 g/mol. The first-order valence-electron chi connectivity index (χ1n) is 7.36. The molecular formula is C15H25IN4OS. The molecule has 1 aromatic rings. The van der Waals surface area contributed by atoms with Crippen molar-refractivity contribution >= 4 is 47.2 Å². The molecule has 5 nitrogen and oxygen atoms in total. The number of guanidine groups is 1. The van der Waals surface area contributed by atoms with Crippen molar-refractivity contribution in [3.63, 3.8) is 0 Å². The molecule has 0 atom stereocenters. The van der Waals surface area contributed by atoms with Crippen molar-refractivity contribution in [1.82, 2.24) is 15.5 Å². The summed E-state index contributed by atoms with van der Waals surface area (Å²) >= 11 is 1.76. The Hall–Kier alpha value is -0.830. The van der Waals surface area contributed by atoms with E-state index in [1.165, 1.54) is 10.4 Å². The molecule has 22 heavy (non-hydrogen) atoms. The first-order valence-corrected chi connectivity index (χ1v) is 8.23. The standard InChI is InChI=1S/C15H24N4OS.HI/c1-11-6-9-21-14(11)10-17-15(16-3)18-13-4-7-19(8-5-13)12(2)20;/h6,9,13H,4-5,7-8,10H2,1-3H3,(H2,16,17,18);1H. The molecule has 0 aromatic carbocycles. The Balaban J connectivity index is 0.00000242. The van der Waals surface area contributed by atoms with Gasteiger partial charge in [-0.05, 0) is 36.8 Å². The van der Waals surface area contributed by atoms with Gasteiger partial charge in [-0.1, -0.05) is 0 Å². The second-order valence-corrected chi connectivity index (χ2v) is 6.38. The molecule has 0 spiro atoms. The highest BCUT2D eigenvalue weighted by Crippen LogP contribution is 2.15. The highest BCUT2D eigenvalue weighted by atomic mass is 127. The van der Waals surface area contributed by atoms with Crippen LogP contribution in [0.4, 0.5) is 0 Å². The fourth-order valence-electron chi connectivity index (χ4n) is 2.48. The Kier molecular flexibility index (Phi) is 8.16. The number of hydrogen-bond donors (Lipinski definition) is 2. The Labute approximate surface area is 153 Å². The van der Waals surface area contributed by atoms with Crippen LogP contribution in [0.1, 0.15) is 30.2 Å². The van der Waals surface area contributed by atoms with Gasteiger partial charge in [-0.3, -0.25) is 9.79 Å². The van der Waals surface area contributed by atoms with Crippen LogP contribution < -0.4 is 10.6 Å². The van der Waals surface area contributed by atoms with E-state index in [1.807, 2.05) is 4.90 Å². The van der Waals surface area contributed by atoms with Gasteiger partial charge in [0.05, 0.1) is 6.54 Å². The maximum Gasteiger partial charge on any atom is 0.219 e. The quantitative estimate of drug-likeness (QED) is 0.435. The molecule has 1 fully saturated rings. The molecule has 0 aliphatic carbocycles. The van der Waals surface area contributed by atoms with E-state index in [2.05, 4.69) is 34.0 Å². The number of likely N-dealkylation sites (tertiary alicyclic amines) is 1. The molecule has 1 aliphatic heterocycles. The van der Waals surface area contributed by atoms with Crippen molar-refractivity contribution in [1.29, 1.82) is 0 Å². The topological polar surface area (TPSA) is 56.7 Å². The van der Waals surface area contributed by atoms with Crippen molar-refractivity contribution in [2.75, 3.05) is 20.1 Å². The second kappa shape index (κ2) is 9.34. The van der Waals surface area contributed by atoms with E-state index in [9.17, 15) is 4.79 Å². The number of nitrogens with zero attached hydrogens (tertiary/aromatic N) is 2. The summed E-state index contributed by atoms with van der Waals surface area (Å²) in [5, 5.41) is 8.93. The Morgan fingerprint density at radius 3 is 2.64 bits per heavy atom. The normalized spacial score (nSPS) is 16.1. The van der Waals surface area contributed by atoms with Crippen LogP contribution in [0.5, 0.6) is 0 Å². The minimum absolute atomic E-state index is 0. The molecule has 124 valence electrons. The molecule has 2 rings (SSSR count). The number of halogens is 1. The largest absolute Gasteiger partial charge is 0.354 e. The van der Waals surface area contributed by atoms with Crippen LogP contribution in [-0.4, -0.2) is 42.9 Å². The second-order valence-electron chi connectivity index (χ2n) is 5.38. The number of aryl methyl sites for hydroxylation is 1. The number of hydrogen-bond acceptors (Lipinski definition) is 3. The van der Waals surface area contributed by atoms with Crippen LogP contribution >= 0.6 is 35.3 Å². The zero-order valence-corrected chi connectivity index (χ0v) is 16.5. The number of piperidine rings is 1. The third kappa shape index (κ3) is 5.42. The van der Waals surface area contributed by atoms with E-state index in [4.69, 9.17) is 0 Å². The van der Waals surface area contributed by atoms with Gasteiger partial charge in [0.15, 0.2) is 5.96 Å². The summed E-state index contributed by atoms with van der Waals surface area (Å²) in [6.07, 6.45) is 1.94. The highest BCUT2D eigenvalue weighted by molar-refractivity contribution is 14.0. The maximum atomic E-state index is 11.3. The van der Waals surface area contributed by atoms with Crippen LogP contribution in [0.25, 0.3) is 0 Å². The number of amides is 1. The Morgan fingerprint density at radius 1 is 1.45 bits per heavy atom. The lowest BCUT2D eigenvalue weighted by Crippen LogP contribution is -2.49. The van der Waals surface area contributed by atoms with E-state index < -0.39 is 0 Å². The molecule has 2 heterocycles. The van der Waals surface area contributed by atoms with Gasteiger partial charge in [-0.2, -0.15) is 0 Å². The fraction of sp³-hybridized carbons (Fsp3) is 0.600. The van der Waals surface area contributed by atoms with E-state index in [0.29, 0.717) is 6.04 Å². The van der Waals surface area contributed by atoms with Gasteiger partial charge in [-0.15, -0.1) is 35.3 Å². The molecule has 1 aliphatic rings. The summed E-state index contributed by atoms with van der Waals surface area (Å²) < 4.78 is 0. The Bertz CT molecular complexity index is 509. The minimum Gasteiger partial charge on any atom is -0.354 e. The van der Waals surface area contributed by atoms with Crippen LogP contribution in [-0.2, 0) is 11.3 Å². The zero-order valence-electron chi connectivity index (χ0n) is 13.4. The number of nitrogens with one attached hydrogen (secondary N) is 2. The SMILES string of the molecule is CN=C(NCc1sccc1C)NC1CCN(C(C)=O)CC1.I. The number of rotatable bonds is 3. The van der Waals surface area contributed by atoms with Crippen molar-refractivity contribution < 1.29 is 4.79 Å². The lowest BCUT2D eigenvalue weighted by atomic mass is 10.1. The van der Waals surface area contributed by atoms with Gasteiger partial charge >= 0.3 is 0 Å². The maximum absolute atomic E-state index is 11.3. The van der Waals surface area contributed by atoms with E-state index in [1.54, 1.807) is 25.3 Å². The van der Waals surface area contributed by atoms with Crippen molar-refractivity contribution in [2.24, 2.45) is 4.99 Å². The van der Waals surface area contributed by atoms with Crippen molar-refractivity contribution in [3.05, 3.63) is 21.9 Å². The van der Waals surface area contributed by atoms with Gasteiger partial charge in [0, 0.05) is 38.0 Å². The summed E-state index contributed by atoms with van der Waals surface area (Å²) in [4.78, 5) is 18.8. The molecule has 1 amide bonds. The van der Waals surface area contributed by atoms with E-state index in [0.717, 1.165) is 38.4 Å². The smallest absolute Gasteiger partial charge is 0.219 e. The summed E-state index contributed by atoms with van der Waals surface area (Å²) in [5.41, 5.74) is 1.32. The minimum atomic E-state index is 0. The third-order valence-electron chi connectivity index (χ3n) is 3.89. The first kappa shape index (κ1) is 19.2. The predicted octanol–water partition coefficient (Wildman–Crippen LogP) is 2.35. The van der Waals surface area contributed by atoms with Gasteiger partial charge in [-0.25, -0.2) is 0 Å². The molecule has 1 saturated heterocycles. The van der Waals surface area contributed by atoms with Gasteiger partial charge in [0.25, 0.3) is 0 Å². The van der Waals surface area contributed by atoms with Crippen LogP contribution in [0.3, 0.4) is 0 Å². The van der Waals surface area contributed by atoms with Gasteiger partial charge in [0.2, 0.25) is 5.91 Å². The molecule has 0 bridgehead atoms. The zero-order chi connectivity index (χ0) is 15.2. The summed E-state index contributed by atoms with van der Waals surface area (Å²) in [6.45, 7) is 6.22. The lowest BCUT2D eigenvalue weighted by Gasteiger charge is -2.32. The fourth-order valence-corrected chi connectivity index (χ4v) is 3.32. The van der Waals surface area contributed by atoms with Crippen LogP contribution in [0.2, 0.25) is 0 Å². The highest BCUT2D eigenvalue weighted by Gasteiger charge is 2.21. The van der Waals surface area contributed by atoms with Crippen LogP contribution in [0, 0.1) is 6.92 Å². The third-order valence-corrected chi connectivity index (χ3v) is 4.91. The average Bonchev–Trinajstić information content (AvgIpc) is 2.89. The molecule has 0 unspecified atom stereocenters. The summed E-state index contributed by atoms with van der Waals surface area (Å²) in [7, 11) is 1.79. The molecule has 2 N–H and O–H groups in total. The molecule has 1 aromatic heterocycles. The van der Waals surface area contributed by atoms with Gasteiger partial charge in [0.1, 0.15) is 0 Å². The van der Waals surface area contributed by atoms with E-state index >= 15 is 0 Å². The molecule has 0 saturated carbocycles. The number of carbonyl (C=O) groups excluding carboxylic acids is 1. The summed E-state index contributed by atoms with van der Waals surface area (Å²) in [5.74, 6) is 1.01. The van der Waals surface area contributed by atoms with Crippen molar-refractivity contribution in [2.45, 2.75) is 39.3 Å². The first-order chi connectivity index (χ1) is 10.1. The predicted molar refractivity (Wildman–Crippen MR) is 103 cm³/mol. The number of aliphatic imine (C=N–C) groups is 1. The molecule has 0 radical (unpaired) electrons. The number of thiophene rings is 1. The van der Waals surface area contributed by atoms with Crippen LogP contribution in [0.15, 0.2) is 16.4 Å².